The third-order valence-corrected chi connectivity index (χ3v) is 3.73. The number of primary amides is 1. The lowest BCUT2D eigenvalue weighted by Gasteiger charge is -2.14. The topological polar surface area (TPSA) is 76.3 Å². The van der Waals surface area contributed by atoms with Gasteiger partial charge in [-0.2, -0.15) is 0 Å². The molecule has 5 heteroatoms. The van der Waals surface area contributed by atoms with Gasteiger partial charge in [0.15, 0.2) is 0 Å². The predicted molar refractivity (Wildman–Crippen MR) is 86.1 cm³/mol. The summed E-state index contributed by atoms with van der Waals surface area (Å²) in [5.74, 6) is 0.283. The number of rotatable bonds is 3. The average Bonchev–Trinajstić information content (AvgIpc) is 3.08. The van der Waals surface area contributed by atoms with Crippen molar-refractivity contribution in [2.75, 3.05) is 13.1 Å². The molecule has 3 rings (SSSR count). The van der Waals surface area contributed by atoms with Crippen LogP contribution in [0.4, 0.5) is 0 Å². The monoisotopic (exact) mass is 299 g/mol. The van der Waals surface area contributed by atoms with E-state index in [1.807, 2.05) is 29.3 Å². The molecule has 1 aromatic carbocycles. The Hall–Kier alpha value is -2.43. The number of aromatic nitrogens is 1. The van der Waals surface area contributed by atoms with Crippen molar-refractivity contribution in [2.45, 2.75) is 25.7 Å². The van der Waals surface area contributed by atoms with Crippen LogP contribution in [0.5, 0.6) is 0 Å². The Kier molecular flexibility index (Phi) is 5.89. The number of nitrogens with zero attached hydrogens (tertiary/aromatic N) is 2. The molecule has 2 amide bonds. The van der Waals surface area contributed by atoms with Crippen LogP contribution in [-0.2, 0) is 16.0 Å². The molecule has 2 heterocycles. The average molecular weight is 299 g/mol. The maximum Gasteiger partial charge on any atom is 0.222 e. The second kappa shape index (κ2) is 8.12. The number of fused-ring (bicyclic) bond motifs is 1. The van der Waals surface area contributed by atoms with E-state index in [0.717, 1.165) is 48.8 Å². The normalized spacial score (nSPS) is 13.5. The lowest BCUT2D eigenvalue weighted by molar-refractivity contribution is -0.130. The quantitative estimate of drug-likeness (QED) is 0.879. The fourth-order valence-electron chi connectivity index (χ4n) is 2.63. The Labute approximate surface area is 130 Å². The van der Waals surface area contributed by atoms with Gasteiger partial charge < -0.3 is 10.6 Å². The summed E-state index contributed by atoms with van der Waals surface area (Å²) < 4.78 is 0. The lowest BCUT2D eigenvalue weighted by Crippen LogP contribution is -2.27. The fraction of sp³-hybridized carbons (Fsp3) is 0.353. The van der Waals surface area contributed by atoms with Crippen LogP contribution in [0.3, 0.4) is 0 Å². The van der Waals surface area contributed by atoms with Gasteiger partial charge >= 0.3 is 0 Å². The summed E-state index contributed by atoms with van der Waals surface area (Å²) in [6.45, 7) is 1.88. The minimum atomic E-state index is 0.250. The minimum absolute atomic E-state index is 0.250. The van der Waals surface area contributed by atoms with Gasteiger partial charge in [-0.3, -0.25) is 14.6 Å². The number of likely N-dealkylation sites (tertiary alicyclic amines) is 1. The van der Waals surface area contributed by atoms with Crippen molar-refractivity contribution in [3.63, 3.8) is 0 Å². The number of benzene rings is 1. The minimum Gasteiger partial charge on any atom is -0.372 e. The number of hydrogen-bond acceptors (Lipinski definition) is 3. The Morgan fingerprint density at radius 1 is 1.27 bits per heavy atom. The molecule has 0 spiro atoms. The molecule has 0 aliphatic carbocycles. The molecule has 0 radical (unpaired) electrons. The molecule has 1 aliphatic heterocycles. The number of para-hydroxylation sites is 1. The molecule has 1 fully saturated rings. The first-order valence-electron chi connectivity index (χ1n) is 7.51. The number of amides is 2. The van der Waals surface area contributed by atoms with E-state index in [1.54, 1.807) is 0 Å². The zero-order chi connectivity index (χ0) is 15.8. The summed E-state index contributed by atoms with van der Waals surface area (Å²) in [4.78, 5) is 27.0. The van der Waals surface area contributed by atoms with Gasteiger partial charge in [0.1, 0.15) is 0 Å². The van der Waals surface area contributed by atoms with Crippen LogP contribution >= 0.6 is 0 Å². The van der Waals surface area contributed by atoms with Crippen molar-refractivity contribution in [1.29, 1.82) is 0 Å². The maximum atomic E-state index is 12.0. The Balaban J connectivity index is 0.000000545. The Morgan fingerprint density at radius 3 is 2.68 bits per heavy atom. The van der Waals surface area contributed by atoms with Crippen LogP contribution < -0.4 is 5.73 Å². The molecule has 5 nitrogen and oxygen atoms in total. The molecule has 2 aromatic rings. The number of carbonyl (C=O) groups is 2. The summed E-state index contributed by atoms with van der Waals surface area (Å²) in [7, 11) is 0. The molecular weight excluding hydrogens is 278 g/mol. The Morgan fingerprint density at radius 2 is 1.95 bits per heavy atom. The van der Waals surface area contributed by atoms with Crippen molar-refractivity contribution < 1.29 is 9.59 Å². The van der Waals surface area contributed by atoms with Crippen molar-refractivity contribution >= 4 is 23.2 Å². The highest BCUT2D eigenvalue weighted by molar-refractivity contribution is 5.79. The van der Waals surface area contributed by atoms with Gasteiger partial charge in [0.25, 0.3) is 0 Å². The van der Waals surface area contributed by atoms with Crippen molar-refractivity contribution in [3.05, 3.63) is 42.1 Å². The van der Waals surface area contributed by atoms with Crippen LogP contribution in [0, 0.1) is 0 Å². The second-order valence-electron chi connectivity index (χ2n) is 5.26. The molecule has 1 aliphatic rings. The molecule has 1 saturated heterocycles. The number of hydrogen-bond donors (Lipinski definition) is 1. The smallest absolute Gasteiger partial charge is 0.222 e. The van der Waals surface area contributed by atoms with E-state index in [4.69, 9.17) is 4.79 Å². The van der Waals surface area contributed by atoms with Crippen LogP contribution in [0.25, 0.3) is 10.9 Å². The van der Waals surface area contributed by atoms with Gasteiger partial charge in [0, 0.05) is 31.1 Å². The summed E-state index contributed by atoms with van der Waals surface area (Å²) in [5.41, 5.74) is 6.32. The number of pyridine rings is 1. The van der Waals surface area contributed by atoms with Crippen molar-refractivity contribution in [3.8, 4) is 0 Å². The number of nitrogens with two attached hydrogens (primary N) is 1. The van der Waals surface area contributed by atoms with Gasteiger partial charge in [-0.05, 0) is 37.0 Å². The summed E-state index contributed by atoms with van der Waals surface area (Å²) in [6, 6.07) is 10.2. The first kappa shape index (κ1) is 15.9. The van der Waals surface area contributed by atoms with Gasteiger partial charge in [-0.15, -0.1) is 0 Å². The third kappa shape index (κ3) is 4.28. The molecule has 22 heavy (non-hydrogen) atoms. The summed E-state index contributed by atoms with van der Waals surface area (Å²) >= 11 is 0. The highest BCUT2D eigenvalue weighted by Crippen LogP contribution is 2.15. The third-order valence-electron chi connectivity index (χ3n) is 3.73. The fourth-order valence-corrected chi connectivity index (χ4v) is 2.63. The lowest BCUT2D eigenvalue weighted by atomic mass is 10.1. The van der Waals surface area contributed by atoms with Gasteiger partial charge in [0.05, 0.1) is 5.52 Å². The van der Waals surface area contributed by atoms with E-state index < -0.39 is 0 Å². The largest absolute Gasteiger partial charge is 0.372 e. The van der Waals surface area contributed by atoms with Crippen LogP contribution in [0.2, 0.25) is 0 Å². The van der Waals surface area contributed by atoms with Crippen LogP contribution in [-0.4, -0.2) is 35.3 Å². The van der Waals surface area contributed by atoms with E-state index in [1.165, 1.54) is 0 Å². The highest BCUT2D eigenvalue weighted by Gasteiger charge is 2.17. The zero-order valence-corrected chi connectivity index (χ0v) is 12.6. The van der Waals surface area contributed by atoms with Crippen LogP contribution in [0.15, 0.2) is 36.5 Å². The first-order valence-corrected chi connectivity index (χ1v) is 7.51. The van der Waals surface area contributed by atoms with E-state index in [-0.39, 0.29) is 12.3 Å². The first-order chi connectivity index (χ1) is 10.7. The molecule has 2 N–H and O–H groups in total. The molecule has 0 bridgehead atoms. The molecule has 116 valence electrons. The summed E-state index contributed by atoms with van der Waals surface area (Å²) in [5, 5.41) is 1.15. The molecule has 0 unspecified atom stereocenters. The number of carbonyl (C=O) groups excluding carboxylic acids is 2. The van der Waals surface area contributed by atoms with Gasteiger partial charge in [0.2, 0.25) is 12.3 Å². The molecular formula is C17H21N3O2. The maximum absolute atomic E-state index is 12.0. The van der Waals surface area contributed by atoms with E-state index >= 15 is 0 Å². The molecule has 1 aromatic heterocycles. The standard InChI is InChI=1S/C16H18N2O.CH3NO/c19-16(18-9-3-4-10-18)8-7-13-11-14-5-1-2-6-15(14)17-12-13;2-1-3/h1-2,5-6,11-12H,3-4,7-10H2;1H,(H2,2,3). The molecule has 0 saturated carbocycles. The summed E-state index contributed by atoms with van der Waals surface area (Å²) in [6.07, 6.45) is 5.83. The number of aryl methyl sites for hydroxylation is 1. The van der Waals surface area contributed by atoms with Crippen molar-refractivity contribution in [2.24, 2.45) is 5.73 Å². The second-order valence-corrected chi connectivity index (χ2v) is 5.26. The Bertz CT molecular complexity index is 637. The zero-order valence-electron chi connectivity index (χ0n) is 12.6. The molecule has 0 atom stereocenters. The predicted octanol–water partition coefficient (Wildman–Crippen LogP) is 1.89. The van der Waals surface area contributed by atoms with Gasteiger partial charge in [-0.1, -0.05) is 18.2 Å². The van der Waals surface area contributed by atoms with E-state index in [9.17, 15) is 4.79 Å². The van der Waals surface area contributed by atoms with Crippen molar-refractivity contribution in [1.82, 2.24) is 9.88 Å². The van der Waals surface area contributed by atoms with E-state index in [0.29, 0.717) is 6.42 Å². The SMILES string of the molecule is NC=O.O=C(CCc1cnc2ccccc2c1)N1CCCC1. The highest BCUT2D eigenvalue weighted by atomic mass is 16.2. The van der Waals surface area contributed by atoms with Gasteiger partial charge in [-0.25, -0.2) is 0 Å². The van der Waals surface area contributed by atoms with Crippen LogP contribution in [0.1, 0.15) is 24.8 Å². The van der Waals surface area contributed by atoms with E-state index in [2.05, 4.69) is 22.9 Å².